The second kappa shape index (κ2) is 7.87. The van der Waals surface area contributed by atoms with Gasteiger partial charge in [-0.25, -0.2) is 0 Å². The summed E-state index contributed by atoms with van der Waals surface area (Å²) in [4.78, 5) is 0. The summed E-state index contributed by atoms with van der Waals surface area (Å²) >= 11 is 0. The van der Waals surface area contributed by atoms with E-state index < -0.39 is 30.6 Å². The first kappa shape index (κ1) is 19.6. The van der Waals surface area contributed by atoms with Crippen molar-refractivity contribution < 1.29 is 33.2 Å². The number of alkyl halides is 3. The Balaban J connectivity index is 2.00. The maximum absolute atomic E-state index is 12.3. The van der Waals surface area contributed by atoms with Gasteiger partial charge in [0, 0.05) is 28.9 Å². The normalized spacial score (nSPS) is 12.8. The second-order valence-corrected chi connectivity index (χ2v) is 5.89. The molecule has 0 bridgehead atoms. The molecule has 1 aromatic heterocycles. The van der Waals surface area contributed by atoms with E-state index in [9.17, 15) is 23.4 Å². The van der Waals surface area contributed by atoms with Crippen LogP contribution in [-0.4, -0.2) is 51.1 Å². The zero-order chi connectivity index (χ0) is 20.3. The first-order valence-corrected chi connectivity index (χ1v) is 8.16. The largest absolute Gasteiger partial charge is 0.573 e. The summed E-state index contributed by atoms with van der Waals surface area (Å²) in [6.45, 7) is -0.375. The van der Waals surface area contributed by atoms with Crippen LogP contribution in [0.15, 0.2) is 42.5 Å². The highest BCUT2D eigenvalue weighted by Gasteiger charge is 2.31. The van der Waals surface area contributed by atoms with Crippen LogP contribution in [0.4, 0.5) is 19.0 Å². The Hall–Kier alpha value is -3.11. The van der Waals surface area contributed by atoms with Crippen molar-refractivity contribution in [2.45, 2.75) is 12.5 Å². The zero-order valence-corrected chi connectivity index (χ0v) is 14.3. The van der Waals surface area contributed by atoms with E-state index in [1.165, 1.54) is 6.07 Å². The van der Waals surface area contributed by atoms with E-state index in [1.807, 2.05) is 0 Å². The summed E-state index contributed by atoms with van der Waals surface area (Å²) in [6.07, 6.45) is -5.85. The first-order chi connectivity index (χ1) is 13.3. The Morgan fingerprint density at radius 3 is 2.43 bits per heavy atom. The van der Waals surface area contributed by atoms with Gasteiger partial charge in [0.15, 0.2) is 5.82 Å². The van der Waals surface area contributed by atoms with Gasteiger partial charge in [0.05, 0.1) is 12.7 Å². The highest BCUT2D eigenvalue weighted by atomic mass is 19.4. The summed E-state index contributed by atoms with van der Waals surface area (Å²) in [6, 6.07) is 10.1. The summed E-state index contributed by atoms with van der Waals surface area (Å²) in [5.41, 5.74) is 0.445. The van der Waals surface area contributed by atoms with Crippen LogP contribution in [0.25, 0.3) is 22.0 Å². The van der Waals surface area contributed by atoms with Crippen LogP contribution in [0.5, 0.6) is 11.5 Å². The zero-order valence-electron chi connectivity index (χ0n) is 14.3. The van der Waals surface area contributed by atoms with Crippen molar-refractivity contribution >= 4 is 16.6 Å². The number of hydrogen-bond acceptors (Lipinski definition) is 7. The molecule has 2 aromatic carbocycles. The minimum absolute atomic E-state index is 0.0449. The van der Waals surface area contributed by atoms with Gasteiger partial charge in [-0.3, -0.25) is 0 Å². The standard InChI is InChI=1S/C18H16F3N3O4/c19-18(20,21)28-11-5-6-14(15(27)7-11)16-12-3-1-2-4-13(12)17(24-23-16)22-8-10(26)9-25/h1-7,10,25-27H,8-9H2,(H,22,24)/t10-/m0/s1. The lowest BCUT2D eigenvalue weighted by Gasteiger charge is -2.14. The third-order valence-electron chi connectivity index (χ3n) is 3.86. The van der Waals surface area contributed by atoms with Gasteiger partial charge >= 0.3 is 6.36 Å². The number of phenolic OH excluding ortho intramolecular Hbond substituents is 1. The fourth-order valence-corrected chi connectivity index (χ4v) is 2.62. The third kappa shape index (κ3) is 4.41. The molecule has 10 heteroatoms. The molecule has 1 heterocycles. The van der Waals surface area contributed by atoms with Gasteiger partial charge in [-0.15, -0.1) is 23.4 Å². The highest BCUT2D eigenvalue weighted by molar-refractivity contribution is 6.00. The van der Waals surface area contributed by atoms with E-state index in [2.05, 4.69) is 20.3 Å². The number of ether oxygens (including phenoxy) is 1. The molecule has 0 radical (unpaired) electrons. The molecule has 148 valence electrons. The lowest BCUT2D eigenvalue weighted by molar-refractivity contribution is -0.274. The summed E-state index contributed by atoms with van der Waals surface area (Å²) < 4.78 is 40.8. The number of hydrogen-bond donors (Lipinski definition) is 4. The lowest BCUT2D eigenvalue weighted by atomic mass is 10.0. The molecule has 0 spiro atoms. The van der Waals surface area contributed by atoms with Gasteiger partial charge in [0.25, 0.3) is 0 Å². The molecular formula is C18H16F3N3O4. The third-order valence-corrected chi connectivity index (χ3v) is 3.86. The Kier molecular flexibility index (Phi) is 5.52. The summed E-state index contributed by atoms with van der Waals surface area (Å²) in [5, 5.41) is 40.8. The predicted octanol–water partition coefficient (Wildman–Crippen LogP) is 2.67. The second-order valence-electron chi connectivity index (χ2n) is 5.89. The smallest absolute Gasteiger partial charge is 0.507 e. The van der Waals surface area contributed by atoms with Crippen LogP contribution in [0.2, 0.25) is 0 Å². The fourth-order valence-electron chi connectivity index (χ4n) is 2.62. The van der Waals surface area contributed by atoms with Crippen LogP contribution in [0.1, 0.15) is 0 Å². The molecule has 0 saturated heterocycles. The van der Waals surface area contributed by atoms with Crippen molar-refractivity contribution in [1.82, 2.24) is 10.2 Å². The monoisotopic (exact) mass is 395 g/mol. The predicted molar refractivity (Wildman–Crippen MR) is 94.9 cm³/mol. The summed E-state index contributed by atoms with van der Waals surface area (Å²) in [7, 11) is 0. The highest BCUT2D eigenvalue weighted by Crippen LogP contribution is 2.37. The summed E-state index contributed by atoms with van der Waals surface area (Å²) in [5.74, 6) is -0.650. The molecule has 0 aliphatic heterocycles. The number of fused-ring (bicyclic) bond motifs is 1. The van der Waals surface area contributed by atoms with E-state index in [0.717, 1.165) is 12.1 Å². The maximum atomic E-state index is 12.3. The van der Waals surface area contributed by atoms with Gasteiger partial charge in [-0.2, -0.15) is 0 Å². The molecule has 0 saturated carbocycles. The van der Waals surface area contributed by atoms with E-state index in [-0.39, 0.29) is 17.8 Å². The number of phenols is 1. The van der Waals surface area contributed by atoms with Crippen molar-refractivity contribution in [1.29, 1.82) is 0 Å². The van der Waals surface area contributed by atoms with Crippen molar-refractivity contribution in [3.05, 3.63) is 42.5 Å². The number of aromatic nitrogens is 2. The molecule has 7 nitrogen and oxygen atoms in total. The van der Waals surface area contributed by atoms with E-state index in [0.29, 0.717) is 16.6 Å². The Bertz CT molecular complexity index is 982. The van der Waals surface area contributed by atoms with Crippen LogP contribution in [0.3, 0.4) is 0 Å². The van der Waals surface area contributed by atoms with Crippen LogP contribution in [0, 0.1) is 0 Å². The Labute approximate surface area is 157 Å². The van der Waals surface area contributed by atoms with Gasteiger partial charge in [0.2, 0.25) is 0 Å². The molecule has 1 atom stereocenters. The molecule has 0 amide bonds. The Morgan fingerprint density at radius 1 is 1.07 bits per heavy atom. The number of halogens is 3. The molecule has 0 unspecified atom stereocenters. The van der Waals surface area contributed by atoms with Gasteiger partial charge in [0.1, 0.15) is 17.2 Å². The lowest BCUT2D eigenvalue weighted by Crippen LogP contribution is -2.23. The molecule has 4 N–H and O–H groups in total. The number of rotatable bonds is 6. The van der Waals surface area contributed by atoms with Crippen LogP contribution >= 0.6 is 0 Å². The van der Waals surface area contributed by atoms with Crippen LogP contribution in [-0.2, 0) is 0 Å². The van der Waals surface area contributed by atoms with Crippen molar-refractivity contribution in [2.75, 3.05) is 18.5 Å². The molecule has 28 heavy (non-hydrogen) atoms. The number of aliphatic hydroxyl groups excluding tert-OH is 2. The van der Waals surface area contributed by atoms with Crippen molar-refractivity contribution in [3.8, 4) is 22.8 Å². The van der Waals surface area contributed by atoms with Crippen LogP contribution < -0.4 is 10.1 Å². The molecule has 3 rings (SSSR count). The van der Waals surface area contributed by atoms with E-state index in [4.69, 9.17) is 5.11 Å². The van der Waals surface area contributed by atoms with Gasteiger partial charge in [-0.05, 0) is 12.1 Å². The number of aliphatic hydroxyl groups is 2. The minimum Gasteiger partial charge on any atom is -0.507 e. The topological polar surface area (TPSA) is 108 Å². The average Bonchev–Trinajstić information content (AvgIpc) is 2.65. The van der Waals surface area contributed by atoms with Gasteiger partial charge in [-0.1, -0.05) is 24.3 Å². The molecule has 0 aliphatic rings. The van der Waals surface area contributed by atoms with Crippen molar-refractivity contribution in [3.63, 3.8) is 0 Å². The minimum atomic E-state index is -4.87. The number of anilines is 1. The fraction of sp³-hybridized carbons (Fsp3) is 0.222. The Morgan fingerprint density at radius 2 is 1.79 bits per heavy atom. The number of nitrogens with one attached hydrogen (secondary N) is 1. The first-order valence-electron chi connectivity index (χ1n) is 8.16. The molecule has 0 aliphatic carbocycles. The van der Waals surface area contributed by atoms with E-state index in [1.54, 1.807) is 24.3 Å². The van der Waals surface area contributed by atoms with Gasteiger partial charge < -0.3 is 25.4 Å². The average molecular weight is 395 g/mol. The number of aromatic hydroxyl groups is 1. The number of nitrogens with zero attached hydrogens (tertiary/aromatic N) is 2. The SMILES string of the molecule is OC[C@@H](O)CNc1nnc(-c2ccc(OC(F)(F)F)cc2O)c2ccccc12. The quantitative estimate of drug-likeness (QED) is 0.508. The molecular weight excluding hydrogens is 379 g/mol. The van der Waals surface area contributed by atoms with E-state index >= 15 is 0 Å². The van der Waals surface area contributed by atoms with Crippen molar-refractivity contribution in [2.24, 2.45) is 0 Å². The number of benzene rings is 2. The molecule has 3 aromatic rings. The molecule has 0 fully saturated rings. The maximum Gasteiger partial charge on any atom is 0.573 e.